The van der Waals surface area contributed by atoms with Crippen LogP contribution in [0.3, 0.4) is 0 Å². The molecule has 0 bridgehead atoms. The predicted octanol–water partition coefficient (Wildman–Crippen LogP) is 2.43. The van der Waals surface area contributed by atoms with E-state index in [0.29, 0.717) is 16.8 Å². The van der Waals surface area contributed by atoms with Gasteiger partial charge in [0, 0.05) is 17.5 Å². The lowest BCUT2D eigenvalue weighted by Gasteiger charge is -2.23. The summed E-state index contributed by atoms with van der Waals surface area (Å²) in [5, 5.41) is 11.6. The molecule has 112 valence electrons. The molecule has 0 spiro atoms. The van der Waals surface area contributed by atoms with Gasteiger partial charge in [0.2, 0.25) is 5.91 Å². The van der Waals surface area contributed by atoms with Gasteiger partial charge < -0.3 is 10.4 Å². The summed E-state index contributed by atoms with van der Waals surface area (Å²) < 4.78 is 13.7. The number of rotatable bonds is 2. The monoisotopic (exact) mass is 301 g/mol. The summed E-state index contributed by atoms with van der Waals surface area (Å²) in [6, 6.07) is 6.09. The third-order valence-electron chi connectivity index (χ3n) is 3.54. The Morgan fingerprint density at radius 1 is 1.41 bits per heavy atom. The molecule has 0 radical (unpaired) electrons. The average molecular weight is 301 g/mol. The van der Waals surface area contributed by atoms with Crippen molar-refractivity contribution in [2.24, 2.45) is 0 Å². The van der Waals surface area contributed by atoms with Gasteiger partial charge in [-0.3, -0.25) is 4.79 Å². The predicted molar refractivity (Wildman–Crippen MR) is 76.0 cm³/mol. The van der Waals surface area contributed by atoms with Crippen LogP contribution in [0.4, 0.5) is 10.2 Å². The van der Waals surface area contributed by atoms with Crippen molar-refractivity contribution in [2.75, 3.05) is 5.32 Å². The number of aromatic nitrogens is 2. The summed E-state index contributed by atoms with van der Waals surface area (Å²) >= 11 is 0. The minimum absolute atomic E-state index is 0.0813. The number of carbonyl (C=O) groups excluding carboxylic acids is 1. The van der Waals surface area contributed by atoms with Gasteiger partial charge in [-0.05, 0) is 18.1 Å². The molecule has 1 aliphatic heterocycles. The highest BCUT2D eigenvalue weighted by Crippen LogP contribution is 2.37. The van der Waals surface area contributed by atoms with E-state index < -0.39 is 12.0 Å². The molecule has 0 saturated carbocycles. The smallest absolute Gasteiger partial charge is 0.335 e. The fourth-order valence-electron chi connectivity index (χ4n) is 2.59. The molecule has 22 heavy (non-hydrogen) atoms. The minimum atomic E-state index is -1.08. The summed E-state index contributed by atoms with van der Waals surface area (Å²) in [5.74, 6) is -1.35. The van der Waals surface area contributed by atoms with E-state index in [1.807, 2.05) is 6.92 Å². The quantitative estimate of drug-likeness (QED) is 0.831. The Bertz CT molecular complexity index is 792. The van der Waals surface area contributed by atoms with Crippen molar-refractivity contribution in [3.8, 4) is 11.3 Å². The summed E-state index contributed by atoms with van der Waals surface area (Å²) in [7, 11) is 0. The van der Waals surface area contributed by atoms with Crippen molar-refractivity contribution in [1.29, 1.82) is 0 Å². The van der Waals surface area contributed by atoms with Crippen LogP contribution in [-0.4, -0.2) is 27.0 Å². The van der Waals surface area contributed by atoms with Gasteiger partial charge in [-0.1, -0.05) is 19.1 Å². The molecule has 6 nitrogen and oxygen atoms in total. The number of anilines is 1. The van der Waals surface area contributed by atoms with Gasteiger partial charge >= 0.3 is 12.0 Å². The average Bonchev–Trinajstić information content (AvgIpc) is 2.45. The summed E-state index contributed by atoms with van der Waals surface area (Å²) in [6.45, 7) is 1.82. The van der Waals surface area contributed by atoms with Crippen LogP contribution in [0, 0.1) is 6.08 Å². The molecule has 1 amide bonds. The number of benzene rings is 1. The lowest BCUT2D eigenvalue weighted by Crippen LogP contribution is -2.24. The van der Waals surface area contributed by atoms with E-state index in [4.69, 9.17) is 5.11 Å². The maximum absolute atomic E-state index is 13.7. The van der Waals surface area contributed by atoms with Gasteiger partial charge in [-0.25, -0.2) is 9.78 Å². The molecule has 3 rings (SSSR count). The third kappa shape index (κ3) is 2.41. The molecule has 2 heterocycles. The number of carboxylic acid groups (broad SMARTS) is 1. The Kier molecular flexibility index (Phi) is 3.32. The Labute approximate surface area is 125 Å². The number of amides is 1. The van der Waals surface area contributed by atoms with E-state index in [0.717, 1.165) is 0 Å². The lowest BCUT2D eigenvalue weighted by atomic mass is 9.90. The highest BCUT2D eigenvalue weighted by atomic mass is 19.1. The number of aromatic carboxylic acids is 1. The molecule has 1 aromatic heterocycles. The second-order valence-electron chi connectivity index (χ2n) is 5.14. The molecular formula is C15H12FN3O3. The van der Waals surface area contributed by atoms with Crippen LogP contribution in [0.1, 0.15) is 35.2 Å². The van der Waals surface area contributed by atoms with Crippen molar-refractivity contribution in [3.63, 3.8) is 0 Å². The fraction of sp³-hybridized carbons (Fsp3) is 0.200. The van der Waals surface area contributed by atoms with Crippen LogP contribution in [0.25, 0.3) is 11.3 Å². The first kappa shape index (κ1) is 14.1. The Morgan fingerprint density at radius 2 is 2.18 bits per heavy atom. The molecule has 1 aromatic carbocycles. The van der Waals surface area contributed by atoms with E-state index >= 15 is 0 Å². The molecule has 2 N–H and O–H groups in total. The van der Waals surface area contributed by atoms with Crippen LogP contribution in [0.15, 0.2) is 24.3 Å². The number of halogens is 1. The summed E-state index contributed by atoms with van der Waals surface area (Å²) in [5.41, 5.74) is 1.47. The Hall–Kier alpha value is -2.83. The highest BCUT2D eigenvalue weighted by Gasteiger charge is 2.28. The summed E-state index contributed by atoms with van der Waals surface area (Å²) in [6.07, 6.45) is -0.725. The Morgan fingerprint density at radius 3 is 2.91 bits per heavy atom. The summed E-state index contributed by atoms with van der Waals surface area (Å²) in [4.78, 5) is 30.1. The first-order valence-corrected chi connectivity index (χ1v) is 6.66. The largest absolute Gasteiger partial charge is 0.478 e. The van der Waals surface area contributed by atoms with Gasteiger partial charge in [0.05, 0.1) is 11.3 Å². The molecule has 0 aliphatic carbocycles. The fourth-order valence-corrected chi connectivity index (χ4v) is 2.59. The van der Waals surface area contributed by atoms with E-state index in [1.165, 1.54) is 12.1 Å². The second kappa shape index (κ2) is 5.18. The molecule has 2 aromatic rings. The first-order valence-electron chi connectivity index (χ1n) is 6.66. The van der Waals surface area contributed by atoms with Crippen LogP contribution in [0.5, 0.6) is 0 Å². The lowest BCUT2D eigenvalue weighted by molar-refractivity contribution is -0.116. The number of nitrogens with one attached hydrogen (secondary N) is 1. The van der Waals surface area contributed by atoms with Gasteiger partial charge in [0.15, 0.2) is 0 Å². The van der Waals surface area contributed by atoms with Crippen LogP contribution in [0.2, 0.25) is 0 Å². The first-order chi connectivity index (χ1) is 10.5. The topological polar surface area (TPSA) is 92.2 Å². The molecule has 0 saturated heterocycles. The maximum atomic E-state index is 13.7. The van der Waals surface area contributed by atoms with Crippen molar-refractivity contribution >= 4 is 17.7 Å². The number of nitrogens with zero attached hydrogens (tertiary/aromatic N) is 2. The van der Waals surface area contributed by atoms with Crippen LogP contribution < -0.4 is 5.32 Å². The van der Waals surface area contributed by atoms with Crippen molar-refractivity contribution < 1.29 is 19.1 Å². The van der Waals surface area contributed by atoms with E-state index in [-0.39, 0.29) is 29.6 Å². The molecule has 0 fully saturated rings. The van der Waals surface area contributed by atoms with Gasteiger partial charge in [0.1, 0.15) is 5.82 Å². The van der Waals surface area contributed by atoms with Crippen molar-refractivity contribution in [1.82, 2.24) is 9.97 Å². The molecule has 1 atom stereocenters. The minimum Gasteiger partial charge on any atom is -0.478 e. The molecule has 1 aliphatic rings. The Balaban J connectivity index is 2.21. The zero-order valence-corrected chi connectivity index (χ0v) is 11.6. The van der Waals surface area contributed by atoms with Crippen molar-refractivity contribution in [3.05, 3.63) is 41.5 Å². The zero-order valence-electron chi connectivity index (χ0n) is 11.6. The molecule has 7 heteroatoms. The maximum Gasteiger partial charge on any atom is 0.335 e. The molecular weight excluding hydrogens is 289 g/mol. The standard InChI is InChI=1S/C15H12FN3O3/c1-7-5-10(20)17-13-11(7)12(18-15(16)19-13)8-3-2-4-9(6-8)14(21)22/h2-4,6-7H,5H2,1H3,(H,21,22)(H,17,18,19,20)/t7-/m1/s1. The molecule has 0 unspecified atom stereocenters. The highest BCUT2D eigenvalue weighted by molar-refractivity contribution is 5.95. The number of hydrogen-bond acceptors (Lipinski definition) is 4. The second-order valence-corrected chi connectivity index (χ2v) is 5.14. The van der Waals surface area contributed by atoms with E-state index in [9.17, 15) is 14.0 Å². The number of fused-ring (bicyclic) bond motifs is 1. The number of carboxylic acids is 1. The SMILES string of the molecule is C[C@@H]1CC(=O)Nc2nc(F)nc(-c3cccc(C(=O)O)c3)c21. The van der Waals surface area contributed by atoms with E-state index in [2.05, 4.69) is 15.3 Å². The third-order valence-corrected chi connectivity index (χ3v) is 3.54. The normalized spacial score (nSPS) is 16.8. The van der Waals surface area contributed by atoms with Crippen molar-refractivity contribution in [2.45, 2.75) is 19.3 Å². The van der Waals surface area contributed by atoms with Gasteiger partial charge in [0.25, 0.3) is 0 Å². The van der Waals surface area contributed by atoms with Crippen LogP contribution >= 0.6 is 0 Å². The van der Waals surface area contributed by atoms with E-state index in [1.54, 1.807) is 12.1 Å². The number of carbonyl (C=O) groups is 2. The zero-order chi connectivity index (χ0) is 15.9. The number of hydrogen-bond donors (Lipinski definition) is 2. The van der Waals surface area contributed by atoms with Gasteiger partial charge in [-0.2, -0.15) is 9.37 Å². The van der Waals surface area contributed by atoms with Crippen LogP contribution in [-0.2, 0) is 4.79 Å². The van der Waals surface area contributed by atoms with Gasteiger partial charge in [-0.15, -0.1) is 0 Å².